The molecule has 1 rings (SSSR count). The first-order valence-corrected chi connectivity index (χ1v) is 8.54. The highest BCUT2D eigenvalue weighted by atomic mass is 79.9. The molecule has 1 aromatic rings. The zero-order valence-electron chi connectivity index (χ0n) is 11.4. The first kappa shape index (κ1) is 17.1. The maximum absolute atomic E-state index is 11.8. The number of sulfonamides is 1. The highest BCUT2D eigenvalue weighted by Crippen LogP contribution is 2.19. The van der Waals surface area contributed by atoms with E-state index in [4.69, 9.17) is 9.88 Å². The van der Waals surface area contributed by atoms with Gasteiger partial charge in [-0.1, -0.05) is 29.8 Å². The Labute approximate surface area is 127 Å². The van der Waals surface area contributed by atoms with E-state index in [9.17, 15) is 13.2 Å². The Kier molecular flexibility index (Phi) is 6.16. The number of carbonyl (C=O) groups excluding carboxylic acids is 1. The van der Waals surface area contributed by atoms with Gasteiger partial charge in [0, 0.05) is 4.47 Å². The topological polar surface area (TPSA) is 86.5 Å². The average Bonchev–Trinajstić information content (AvgIpc) is 2.32. The second-order valence-corrected chi connectivity index (χ2v) is 7.37. The molecule has 0 atom stereocenters. The normalized spacial score (nSPS) is 11.7. The van der Waals surface area contributed by atoms with Gasteiger partial charge in [0.25, 0.3) is 0 Å². The van der Waals surface area contributed by atoms with Crippen LogP contribution in [0.3, 0.4) is 0 Å². The van der Waals surface area contributed by atoms with E-state index in [2.05, 4.69) is 29.8 Å². The number of hydrogen-bond acceptors (Lipinski definition) is 4. The average molecular weight is 364 g/mol. The standard InChI is InChI=1S/C13H18BrNO4S/c1-9(2)4-3-5-19-13(16)10-6-11(14)8-12(7-10)20(15,17)18/h6-9H,3-5H2,1-2H3,(H2,15,17,18). The third kappa shape index (κ3) is 5.60. The van der Waals surface area contributed by atoms with Gasteiger partial charge in [-0.3, -0.25) is 0 Å². The number of esters is 1. The number of ether oxygens (including phenoxy) is 1. The zero-order valence-corrected chi connectivity index (χ0v) is 13.8. The number of benzene rings is 1. The fourth-order valence-electron chi connectivity index (χ4n) is 1.58. The highest BCUT2D eigenvalue weighted by molar-refractivity contribution is 9.10. The largest absolute Gasteiger partial charge is 0.462 e. The number of carbonyl (C=O) groups is 1. The molecule has 20 heavy (non-hydrogen) atoms. The van der Waals surface area contributed by atoms with Crippen LogP contribution in [0.25, 0.3) is 0 Å². The molecule has 1 aromatic carbocycles. The number of halogens is 1. The van der Waals surface area contributed by atoms with Crippen molar-refractivity contribution >= 4 is 31.9 Å². The Morgan fingerprint density at radius 1 is 1.35 bits per heavy atom. The van der Waals surface area contributed by atoms with Crippen molar-refractivity contribution in [3.8, 4) is 0 Å². The van der Waals surface area contributed by atoms with Crippen molar-refractivity contribution in [3.63, 3.8) is 0 Å². The molecular formula is C13H18BrNO4S. The number of hydrogen-bond donors (Lipinski definition) is 1. The molecule has 0 saturated heterocycles. The van der Waals surface area contributed by atoms with E-state index < -0.39 is 16.0 Å². The van der Waals surface area contributed by atoms with E-state index in [0.29, 0.717) is 17.0 Å². The molecule has 0 radical (unpaired) electrons. The Balaban J connectivity index is 2.76. The monoisotopic (exact) mass is 363 g/mol. The van der Waals surface area contributed by atoms with Crippen LogP contribution in [-0.2, 0) is 14.8 Å². The molecule has 5 nitrogen and oxygen atoms in total. The van der Waals surface area contributed by atoms with Gasteiger partial charge in [-0.25, -0.2) is 18.4 Å². The first-order chi connectivity index (χ1) is 9.20. The van der Waals surface area contributed by atoms with Crippen molar-refractivity contribution in [1.29, 1.82) is 0 Å². The van der Waals surface area contributed by atoms with Crippen LogP contribution in [0.4, 0.5) is 0 Å². The molecule has 0 aliphatic heterocycles. The van der Waals surface area contributed by atoms with Gasteiger partial charge in [0.1, 0.15) is 0 Å². The molecule has 112 valence electrons. The van der Waals surface area contributed by atoms with E-state index in [-0.39, 0.29) is 10.5 Å². The third-order valence-corrected chi connectivity index (χ3v) is 3.95. The van der Waals surface area contributed by atoms with Crippen LogP contribution < -0.4 is 5.14 Å². The van der Waals surface area contributed by atoms with Crippen molar-refractivity contribution in [2.75, 3.05) is 6.61 Å². The van der Waals surface area contributed by atoms with Gasteiger partial charge in [0.05, 0.1) is 17.1 Å². The summed E-state index contributed by atoms with van der Waals surface area (Å²) in [5.74, 6) is -0.00601. The predicted molar refractivity (Wildman–Crippen MR) is 79.9 cm³/mol. The predicted octanol–water partition coefficient (Wildman–Crippen LogP) is 2.69. The zero-order chi connectivity index (χ0) is 15.3. The summed E-state index contributed by atoms with van der Waals surface area (Å²) in [5, 5.41) is 5.05. The molecule has 0 aliphatic rings. The molecule has 2 N–H and O–H groups in total. The fourth-order valence-corrected chi connectivity index (χ4v) is 2.81. The van der Waals surface area contributed by atoms with Crippen LogP contribution in [0.5, 0.6) is 0 Å². The number of rotatable bonds is 6. The van der Waals surface area contributed by atoms with Crippen molar-refractivity contribution in [2.24, 2.45) is 11.1 Å². The van der Waals surface area contributed by atoms with Crippen molar-refractivity contribution < 1.29 is 17.9 Å². The Bertz CT molecular complexity index is 584. The Morgan fingerprint density at radius 3 is 2.55 bits per heavy atom. The summed E-state index contributed by atoms with van der Waals surface area (Å²) in [4.78, 5) is 11.7. The lowest BCUT2D eigenvalue weighted by Crippen LogP contribution is -2.14. The summed E-state index contributed by atoms with van der Waals surface area (Å²) in [6.45, 7) is 4.50. The van der Waals surface area contributed by atoms with Gasteiger partial charge >= 0.3 is 5.97 Å². The SMILES string of the molecule is CC(C)CCCOC(=O)c1cc(Br)cc(S(N)(=O)=O)c1. The van der Waals surface area contributed by atoms with E-state index in [0.717, 1.165) is 12.8 Å². The van der Waals surface area contributed by atoms with Crippen LogP contribution in [0, 0.1) is 5.92 Å². The highest BCUT2D eigenvalue weighted by Gasteiger charge is 2.15. The lowest BCUT2D eigenvalue weighted by molar-refractivity contribution is 0.0494. The van der Waals surface area contributed by atoms with E-state index >= 15 is 0 Å². The molecule has 7 heteroatoms. The molecular weight excluding hydrogens is 346 g/mol. The van der Waals surface area contributed by atoms with Crippen LogP contribution in [0.15, 0.2) is 27.6 Å². The molecule has 0 heterocycles. The minimum absolute atomic E-state index is 0.124. The Morgan fingerprint density at radius 2 is 2.00 bits per heavy atom. The van der Waals surface area contributed by atoms with Gasteiger partial charge in [-0.15, -0.1) is 0 Å². The summed E-state index contributed by atoms with van der Waals surface area (Å²) < 4.78 is 28.2. The quantitative estimate of drug-likeness (QED) is 0.621. The lowest BCUT2D eigenvalue weighted by atomic mass is 10.1. The molecule has 0 fully saturated rings. The van der Waals surface area contributed by atoms with E-state index in [1.54, 1.807) is 0 Å². The third-order valence-electron chi connectivity index (χ3n) is 2.59. The van der Waals surface area contributed by atoms with E-state index in [1.165, 1.54) is 18.2 Å². The second kappa shape index (κ2) is 7.19. The van der Waals surface area contributed by atoms with Crippen LogP contribution in [-0.4, -0.2) is 21.0 Å². The summed E-state index contributed by atoms with van der Waals surface area (Å²) in [5.41, 5.74) is 0.160. The molecule has 0 unspecified atom stereocenters. The van der Waals surface area contributed by atoms with Gasteiger partial charge < -0.3 is 4.74 Å². The molecule has 0 amide bonds. The molecule has 0 aliphatic carbocycles. The maximum atomic E-state index is 11.8. The summed E-state index contributed by atoms with van der Waals surface area (Å²) in [6, 6.07) is 4.05. The van der Waals surface area contributed by atoms with Crippen molar-refractivity contribution in [1.82, 2.24) is 0 Å². The van der Waals surface area contributed by atoms with Crippen LogP contribution in [0.2, 0.25) is 0 Å². The minimum atomic E-state index is -3.86. The van der Waals surface area contributed by atoms with Crippen LogP contribution >= 0.6 is 15.9 Å². The minimum Gasteiger partial charge on any atom is -0.462 e. The molecule has 0 aromatic heterocycles. The maximum Gasteiger partial charge on any atom is 0.338 e. The lowest BCUT2D eigenvalue weighted by Gasteiger charge is -2.08. The van der Waals surface area contributed by atoms with Gasteiger partial charge in [-0.2, -0.15) is 0 Å². The molecule has 0 saturated carbocycles. The van der Waals surface area contributed by atoms with Gasteiger partial charge in [0.2, 0.25) is 10.0 Å². The molecule has 0 spiro atoms. The number of nitrogens with two attached hydrogens (primary N) is 1. The summed E-state index contributed by atoms with van der Waals surface area (Å²) in [7, 11) is -3.86. The summed E-state index contributed by atoms with van der Waals surface area (Å²) in [6.07, 6.45) is 1.74. The van der Waals surface area contributed by atoms with Crippen LogP contribution in [0.1, 0.15) is 37.0 Å². The van der Waals surface area contributed by atoms with Crippen molar-refractivity contribution in [2.45, 2.75) is 31.6 Å². The summed E-state index contributed by atoms with van der Waals surface area (Å²) >= 11 is 3.15. The second-order valence-electron chi connectivity index (χ2n) is 4.89. The fraction of sp³-hybridized carbons (Fsp3) is 0.462. The Hall–Kier alpha value is -0.920. The number of primary sulfonamides is 1. The van der Waals surface area contributed by atoms with Gasteiger partial charge in [-0.05, 0) is 37.0 Å². The smallest absolute Gasteiger partial charge is 0.338 e. The molecule has 0 bridgehead atoms. The first-order valence-electron chi connectivity index (χ1n) is 6.20. The van der Waals surface area contributed by atoms with Gasteiger partial charge in [0.15, 0.2) is 0 Å². The van der Waals surface area contributed by atoms with Crippen molar-refractivity contribution in [3.05, 3.63) is 28.2 Å². The van der Waals surface area contributed by atoms with E-state index in [1.807, 2.05) is 0 Å².